The minimum Gasteiger partial charge on any atom is -0.497 e. The monoisotopic (exact) mass is 380 g/mol. The van der Waals surface area contributed by atoms with Crippen molar-refractivity contribution in [2.24, 2.45) is 5.92 Å². The van der Waals surface area contributed by atoms with Crippen LogP contribution >= 0.6 is 0 Å². The smallest absolute Gasteiger partial charge is 0.270 e. The highest BCUT2D eigenvalue weighted by Crippen LogP contribution is 2.24. The van der Waals surface area contributed by atoms with Gasteiger partial charge in [0.05, 0.1) is 12.8 Å². The molecule has 0 spiro atoms. The Kier molecular flexibility index (Phi) is 4.90. The maximum Gasteiger partial charge on any atom is 0.270 e. The molecule has 7 nitrogen and oxygen atoms in total. The van der Waals surface area contributed by atoms with E-state index in [1.54, 1.807) is 23.9 Å². The fourth-order valence-electron chi connectivity index (χ4n) is 3.76. The Labute approximate surface area is 162 Å². The van der Waals surface area contributed by atoms with Crippen LogP contribution in [-0.4, -0.2) is 45.8 Å². The lowest BCUT2D eigenvalue weighted by atomic mass is 9.96. The molecule has 28 heavy (non-hydrogen) atoms. The fourth-order valence-corrected chi connectivity index (χ4v) is 3.76. The van der Waals surface area contributed by atoms with E-state index in [2.05, 4.69) is 10.1 Å². The zero-order valence-electron chi connectivity index (χ0n) is 16.1. The van der Waals surface area contributed by atoms with E-state index in [0.717, 1.165) is 35.2 Å². The highest BCUT2D eigenvalue weighted by atomic mass is 16.5. The molecule has 1 aliphatic rings. The van der Waals surface area contributed by atoms with Crippen LogP contribution in [0.2, 0.25) is 0 Å². The fraction of sp³-hybridized carbons (Fsp3) is 0.381. The Balaban J connectivity index is 1.41. The molecule has 0 unspecified atom stereocenters. The SMILES string of the molecule is COc1ccc2cc(C(=O)N3CCC(Cn4nc(C)ccc4=O)CC3)[nH]c2c1. The van der Waals surface area contributed by atoms with Gasteiger partial charge in [-0.05, 0) is 49.9 Å². The van der Waals surface area contributed by atoms with Crippen molar-refractivity contribution in [1.82, 2.24) is 19.7 Å². The first kappa shape index (κ1) is 18.3. The number of aryl methyl sites for hydroxylation is 1. The van der Waals surface area contributed by atoms with Gasteiger partial charge in [-0.15, -0.1) is 0 Å². The van der Waals surface area contributed by atoms with E-state index in [-0.39, 0.29) is 11.5 Å². The van der Waals surface area contributed by atoms with Gasteiger partial charge in [0.25, 0.3) is 11.5 Å². The molecule has 1 saturated heterocycles. The van der Waals surface area contributed by atoms with Crippen molar-refractivity contribution >= 4 is 16.8 Å². The van der Waals surface area contributed by atoms with Crippen LogP contribution in [-0.2, 0) is 6.54 Å². The number of carbonyl (C=O) groups is 1. The predicted molar refractivity (Wildman–Crippen MR) is 107 cm³/mol. The Hall–Kier alpha value is -3.09. The second-order valence-electron chi connectivity index (χ2n) is 7.37. The van der Waals surface area contributed by atoms with Crippen LogP contribution in [0, 0.1) is 12.8 Å². The average Bonchev–Trinajstić information content (AvgIpc) is 3.14. The first-order valence-corrected chi connectivity index (χ1v) is 9.54. The van der Waals surface area contributed by atoms with Crippen LogP contribution < -0.4 is 10.3 Å². The molecule has 1 aromatic carbocycles. The number of nitrogens with zero attached hydrogens (tertiary/aromatic N) is 3. The van der Waals surface area contributed by atoms with E-state index in [9.17, 15) is 9.59 Å². The summed E-state index contributed by atoms with van der Waals surface area (Å²) in [5.41, 5.74) is 2.25. The predicted octanol–water partition coefficient (Wildman–Crippen LogP) is 2.59. The van der Waals surface area contributed by atoms with Gasteiger partial charge < -0.3 is 14.6 Å². The number of carbonyl (C=O) groups excluding carboxylic acids is 1. The van der Waals surface area contributed by atoms with Crippen molar-refractivity contribution < 1.29 is 9.53 Å². The third-order valence-electron chi connectivity index (χ3n) is 5.39. The van der Waals surface area contributed by atoms with E-state index in [4.69, 9.17) is 4.74 Å². The first-order valence-electron chi connectivity index (χ1n) is 9.54. The minimum atomic E-state index is -0.0717. The maximum atomic E-state index is 12.9. The molecule has 3 aromatic rings. The van der Waals surface area contributed by atoms with E-state index in [1.165, 1.54) is 0 Å². The molecule has 1 amide bonds. The van der Waals surface area contributed by atoms with Gasteiger partial charge in [-0.25, -0.2) is 4.68 Å². The summed E-state index contributed by atoms with van der Waals surface area (Å²) in [5, 5.41) is 5.31. The molecule has 4 rings (SSSR count). The molecule has 0 radical (unpaired) electrons. The molecule has 1 aliphatic heterocycles. The summed E-state index contributed by atoms with van der Waals surface area (Å²) in [6.07, 6.45) is 1.73. The van der Waals surface area contributed by atoms with E-state index in [0.29, 0.717) is 31.2 Å². The third kappa shape index (κ3) is 3.65. The molecule has 1 fully saturated rings. The lowest BCUT2D eigenvalue weighted by Gasteiger charge is -2.31. The molecule has 0 saturated carbocycles. The van der Waals surface area contributed by atoms with Crippen LogP contribution in [0.4, 0.5) is 0 Å². The van der Waals surface area contributed by atoms with Gasteiger partial charge in [-0.1, -0.05) is 0 Å². The average molecular weight is 380 g/mol. The molecule has 0 aliphatic carbocycles. The maximum absolute atomic E-state index is 12.9. The van der Waals surface area contributed by atoms with Crippen molar-refractivity contribution in [2.45, 2.75) is 26.3 Å². The normalized spacial score (nSPS) is 15.1. The van der Waals surface area contributed by atoms with E-state index >= 15 is 0 Å². The number of ether oxygens (including phenoxy) is 1. The van der Waals surface area contributed by atoms with Gasteiger partial charge in [-0.2, -0.15) is 5.10 Å². The number of nitrogens with one attached hydrogen (secondary N) is 1. The van der Waals surface area contributed by atoms with Crippen LogP contribution in [0.25, 0.3) is 10.9 Å². The molecule has 7 heteroatoms. The number of piperidine rings is 1. The van der Waals surface area contributed by atoms with Gasteiger partial charge in [0.15, 0.2) is 0 Å². The zero-order chi connectivity index (χ0) is 19.7. The largest absolute Gasteiger partial charge is 0.497 e. The number of methoxy groups -OCH3 is 1. The van der Waals surface area contributed by atoms with Crippen LogP contribution in [0.1, 0.15) is 29.0 Å². The lowest BCUT2D eigenvalue weighted by molar-refractivity contribution is 0.0675. The van der Waals surface area contributed by atoms with Gasteiger partial charge in [-0.3, -0.25) is 9.59 Å². The van der Waals surface area contributed by atoms with Gasteiger partial charge in [0, 0.05) is 42.7 Å². The number of hydrogen-bond acceptors (Lipinski definition) is 4. The number of H-pyrrole nitrogens is 1. The summed E-state index contributed by atoms with van der Waals surface area (Å²) in [5.74, 6) is 1.12. The summed E-state index contributed by atoms with van der Waals surface area (Å²) < 4.78 is 6.78. The Morgan fingerprint density at radius 2 is 2.00 bits per heavy atom. The van der Waals surface area contributed by atoms with Crippen molar-refractivity contribution in [1.29, 1.82) is 0 Å². The molecule has 3 heterocycles. The number of amides is 1. The quantitative estimate of drug-likeness (QED) is 0.754. The van der Waals surface area contributed by atoms with Crippen molar-refractivity contribution in [3.63, 3.8) is 0 Å². The molecule has 146 valence electrons. The number of benzene rings is 1. The van der Waals surface area contributed by atoms with Crippen molar-refractivity contribution in [3.05, 3.63) is 58.1 Å². The number of aromatic amines is 1. The molecule has 1 N–H and O–H groups in total. The first-order chi connectivity index (χ1) is 13.5. The van der Waals surface area contributed by atoms with Crippen molar-refractivity contribution in [3.8, 4) is 5.75 Å². The number of rotatable bonds is 4. The molecule has 0 atom stereocenters. The highest BCUT2D eigenvalue weighted by Gasteiger charge is 2.25. The number of aromatic nitrogens is 3. The molecule has 2 aromatic heterocycles. The van der Waals surface area contributed by atoms with Crippen LogP contribution in [0.5, 0.6) is 5.75 Å². The van der Waals surface area contributed by atoms with Gasteiger partial charge >= 0.3 is 0 Å². The second kappa shape index (κ2) is 7.50. The van der Waals surface area contributed by atoms with Gasteiger partial charge in [0.2, 0.25) is 0 Å². The topological polar surface area (TPSA) is 80.2 Å². The molecular formula is C21H24N4O3. The number of hydrogen-bond donors (Lipinski definition) is 1. The Morgan fingerprint density at radius 3 is 2.75 bits per heavy atom. The standard InChI is InChI=1S/C21H24N4O3/c1-14-3-6-20(26)25(23-14)13-15-7-9-24(10-8-15)21(27)19-11-16-4-5-17(28-2)12-18(16)22-19/h3-6,11-12,15,22H,7-10,13H2,1-2H3. The van der Waals surface area contributed by atoms with Crippen LogP contribution in [0.15, 0.2) is 41.2 Å². The summed E-state index contributed by atoms with van der Waals surface area (Å²) >= 11 is 0. The van der Waals surface area contributed by atoms with Crippen LogP contribution in [0.3, 0.4) is 0 Å². The summed E-state index contributed by atoms with van der Waals surface area (Å²) in [4.78, 5) is 29.9. The summed E-state index contributed by atoms with van der Waals surface area (Å²) in [6.45, 7) is 3.85. The highest BCUT2D eigenvalue weighted by molar-refractivity contribution is 5.98. The van der Waals surface area contributed by atoms with E-state index < -0.39 is 0 Å². The lowest BCUT2D eigenvalue weighted by Crippen LogP contribution is -2.40. The zero-order valence-corrected chi connectivity index (χ0v) is 16.1. The molecular weight excluding hydrogens is 356 g/mol. The third-order valence-corrected chi connectivity index (χ3v) is 5.39. The molecule has 0 bridgehead atoms. The second-order valence-corrected chi connectivity index (χ2v) is 7.37. The number of fused-ring (bicyclic) bond motifs is 1. The Bertz CT molecular complexity index is 1060. The summed E-state index contributed by atoms with van der Waals surface area (Å²) in [6, 6.07) is 10.9. The minimum absolute atomic E-state index is 0.0134. The van der Waals surface area contributed by atoms with Gasteiger partial charge in [0.1, 0.15) is 11.4 Å². The van der Waals surface area contributed by atoms with Crippen molar-refractivity contribution in [2.75, 3.05) is 20.2 Å². The number of likely N-dealkylation sites (tertiary alicyclic amines) is 1. The Morgan fingerprint density at radius 1 is 1.21 bits per heavy atom. The van der Waals surface area contributed by atoms with E-state index in [1.807, 2.05) is 36.1 Å². The summed E-state index contributed by atoms with van der Waals surface area (Å²) in [7, 11) is 1.63.